The van der Waals surface area contributed by atoms with Crippen molar-refractivity contribution in [2.75, 3.05) is 0 Å². The van der Waals surface area contributed by atoms with Crippen LogP contribution >= 0.6 is 22.6 Å². The number of carbonyl (C=O) groups excluding carboxylic acids is 2. The number of aliphatic hydroxyl groups is 2. The minimum absolute atomic E-state index is 0.140. The van der Waals surface area contributed by atoms with E-state index in [-0.39, 0.29) is 11.1 Å². The van der Waals surface area contributed by atoms with Crippen LogP contribution in [-0.4, -0.2) is 43.5 Å². The molecule has 3 rings (SSSR count). The van der Waals surface area contributed by atoms with Gasteiger partial charge in [0.25, 0.3) is 0 Å². The van der Waals surface area contributed by atoms with Crippen LogP contribution in [0, 0.1) is 0 Å². The molecule has 2 aromatic rings. The van der Waals surface area contributed by atoms with Crippen molar-refractivity contribution in [2.45, 2.75) is 27.8 Å². The summed E-state index contributed by atoms with van der Waals surface area (Å²) >= 11 is 1.22. The van der Waals surface area contributed by atoms with Gasteiger partial charge in [0.1, 0.15) is 6.10 Å². The Kier molecular flexibility index (Phi) is 5.44. The van der Waals surface area contributed by atoms with Crippen molar-refractivity contribution in [3.63, 3.8) is 0 Å². The fourth-order valence-electron chi connectivity index (χ4n) is 2.95. The number of benzene rings is 2. The molecule has 4 atom stereocenters. The van der Waals surface area contributed by atoms with Gasteiger partial charge in [-0.1, -0.05) is 60.7 Å². The smallest absolute Gasteiger partial charge is 0.321 e. The zero-order valence-corrected chi connectivity index (χ0v) is 15.9. The quantitative estimate of drug-likeness (QED) is 0.385. The second-order valence-corrected chi connectivity index (χ2v) is 7.26. The van der Waals surface area contributed by atoms with Gasteiger partial charge in [-0.15, -0.1) is 0 Å². The largest absolute Gasteiger partial charge is 0.380 e. The molecule has 0 spiro atoms. The van der Waals surface area contributed by atoms with Crippen molar-refractivity contribution in [2.24, 2.45) is 0 Å². The Hall–Kier alpha value is -1.75. The molecule has 2 N–H and O–H groups in total. The van der Waals surface area contributed by atoms with E-state index in [1.54, 1.807) is 24.3 Å². The molecule has 0 aromatic heterocycles. The van der Waals surface area contributed by atoms with Gasteiger partial charge in [0.2, 0.25) is 11.4 Å². The van der Waals surface area contributed by atoms with Gasteiger partial charge < -0.3 is 14.9 Å². The van der Waals surface area contributed by atoms with E-state index in [0.29, 0.717) is 0 Å². The van der Waals surface area contributed by atoms with Crippen LogP contribution in [0.25, 0.3) is 0 Å². The van der Waals surface area contributed by atoms with Crippen molar-refractivity contribution >= 4 is 34.2 Å². The molecule has 0 bridgehead atoms. The van der Waals surface area contributed by atoms with E-state index >= 15 is 0 Å². The van der Waals surface area contributed by atoms with Crippen LogP contribution in [0.2, 0.25) is 0 Å². The first-order chi connectivity index (χ1) is 12.7. The Morgan fingerprint density at radius 3 is 2.11 bits per heavy atom. The third kappa shape index (κ3) is 3.20. The summed E-state index contributed by atoms with van der Waals surface area (Å²) in [7, 11) is 0. The highest BCUT2D eigenvalue weighted by Crippen LogP contribution is 2.49. The van der Waals surface area contributed by atoms with E-state index in [4.69, 9.17) is 4.74 Å². The number of Topliss-reactive ketones (excluding diaryl/α,β-unsaturated/α-hetero) is 2. The number of rotatable bonds is 5. The van der Waals surface area contributed by atoms with Crippen LogP contribution < -0.4 is 0 Å². The third-order valence-corrected chi connectivity index (χ3v) is 5.53. The maximum Gasteiger partial charge on any atom is 0.321 e. The summed E-state index contributed by atoms with van der Waals surface area (Å²) in [6, 6.07) is 14.6. The maximum absolute atomic E-state index is 14.8. The molecule has 1 fully saturated rings. The molecule has 0 saturated carbocycles. The lowest BCUT2D eigenvalue weighted by atomic mass is 9.81. The van der Waals surface area contributed by atoms with E-state index in [2.05, 4.69) is 0 Å². The summed E-state index contributed by atoms with van der Waals surface area (Å²) in [4.78, 5) is 25.5. The van der Waals surface area contributed by atoms with Crippen LogP contribution in [0.15, 0.2) is 60.7 Å². The molecular weight excluding hydrogens is 473 g/mol. The normalized spacial score (nSPS) is 27.9. The maximum atomic E-state index is 14.8. The van der Waals surface area contributed by atoms with Crippen LogP contribution in [0.1, 0.15) is 22.0 Å². The predicted molar refractivity (Wildman–Crippen MR) is 99.8 cm³/mol. The summed E-state index contributed by atoms with van der Waals surface area (Å²) < 4.78 is 32.6. The molecule has 1 unspecified atom stereocenters. The topological polar surface area (TPSA) is 83.8 Å². The zero-order valence-electron chi connectivity index (χ0n) is 13.8. The van der Waals surface area contributed by atoms with Crippen LogP contribution in [0.3, 0.4) is 0 Å². The van der Waals surface area contributed by atoms with Crippen molar-refractivity contribution in [1.29, 1.82) is 0 Å². The van der Waals surface area contributed by atoms with Gasteiger partial charge in [-0.2, -0.15) is 8.78 Å². The first kappa shape index (κ1) is 20.0. The Morgan fingerprint density at radius 2 is 1.56 bits per heavy atom. The monoisotopic (exact) mass is 488 g/mol. The molecule has 1 aliphatic rings. The van der Waals surface area contributed by atoms with Crippen molar-refractivity contribution in [1.82, 2.24) is 0 Å². The number of hydrogen-bond donors (Lipinski definition) is 2. The molecule has 0 amide bonds. The summed E-state index contributed by atoms with van der Waals surface area (Å²) in [5, 5.41) is 21.1. The van der Waals surface area contributed by atoms with Gasteiger partial charge in [-0.25, -0.2) is 0 Å². The Balaban J connectivity index is 2.03. The van der Waals surface area contributed by atoms with Gasteiger partial charge in [-0.3, -0.25) is 9.59 Å². The van der Waals surface area contributed by atoms with E-state index in [1.807, 2.05) is 0 Å². The van der Waals surface area contributed by atoms with Gasteiger partial charge in [-0.05, 0) is 28.2 Å². The number of aliphatic hydroxyl groups excluding tert-OH is 1. The van der Waals surface area contributed by atoms with Crippen LogP contribution in [0.4, 0.5) is 8.78 Å². The van der Waals surface area contributed by atoms with E-state index in [1.165, 1.54) is 59.0 Å². The first-order valence-corrected chi connectivity index (χ1v) is 9.22. The average Bonchev–Trinajstić information content (AvgIpc) is 2.88. The molecule has 0 radical (unpaired) electrons. The summed E-state index contributed by atoms with van der Waals surface area (Å²) in [5.41, 5.74) is -3.49. The molecule has 0 aliphatic carbocycles. The second kappa shape index (κ2) is 7.34. The highest BCUT2D eigenvalue weighted by molar-refractivity contribution is 14.1. The molecule has 1 saturated heterocycles. The van der Waals surface area contributed by atoms with Gasteiger partial charge >= 0.3 is 5.92 Å². The SMILES string of the molecule is O=C(C(O)c1ccccc1)[C@H]1O[C@@H](I)C(F)(F)[C@@]1(O)C(=O)c1ccccc1. The third-order valence-electron chi connectivity index (χ3n) is 4.45. The number of ketones is 2. The fourth-order valence-corrected chi connectivity index (χ4v) is 3.72. The van der Waals surface area contributed by atoms with E-state index in [9.17, 15) is 28.6 Å². The van der Waals surface area contributed by atoms with E-state index < -0.39 is 39.4 Å². The zero-order chi connectivity index (χ0) is 19.8. The van der Waals surface area contributed by atoms with Gasteiger partial charge in [0, 0.05) is 5.56 Å². The minimum atomic E-state index is -4.04. The van der Waals surface area contributed by atoms with Crippen molar-refractivity contribution < 1.29 is 33.3 Å². The lowest BCUT2D eigenvalue weighted by Crippen LogP contribution is -2.61. The van der Waals surface area contributed by atoms with Crippen molar-refractivity contribution in [3.8, 4) is 0 Å². The summed E-state index contributed by atoms with van der Waals surface area (Å²) in [5.74, 6) is -6.60. The number of carbonyl (C=O) groups is 2. The number of alkyl halides is 3. The van der Waals surface area contributed by atoms with Gasteiger partial charge in [0.05, 0.1) is 0 Å². The van der Waals surface area contributed by atoms with Crippen LogP contribution in [-0.2, 0) is 9.53 Å². The minimum Gasteiger partial charge on any atom is -0.380 e. The molecule has 8 heteroatoms. The highest BCUT2D eigenvalue weighted by atomic mass is 127. The van der Waals surface area contributed by atoms with Gasteiger partial charge in [0.15, 0.2) is 16.0 Å². The molecule has 2 aromatic carbocycles. The Bertz CT molecular complexity index is 846. The summed E-state index contributed by atoms with van der Waals surface area (Å²) in [6.07, 6.45) is -4.05. The molecule has 142 valence electrons. The first-order valence-electron chi connectivity index (χ1n) is 7.97. The number of halogens is 3. The van der Waals surface area contributed by atoms with Crippen LogP contribution in [0.5, 0.6) is 0 Å². The standard InChI is InChI=1S/C19H15F2IO5/c20-19(21)17(22)27-16(14(24)13(23)11-7-3-1-4-8-11)18(19,26)15(25)12-9-5-2-6-10-12/h1-10,13,16-17,23,26H/t13?,16-,17-,18-/m1/s1. The number of hydrogen-bond acceptors (Lipinski definition) is 5. The van der Waals surface area contributed by atoms with E-state index in [0.717, 1.165) is 0 Å². The second-order valence-electron chi connectivity index (χ2n) is 6.13. The molecule has 27 heavy (non-hydrogen) atoms. The lowest BCUT2D eigenvalue weighted by Gasteiger charge is -2.31. The predicted octanol–water partition coefficient (Wildman–Crippen LogP) is 2.70. The molecule has 5 nitrogen and oxygen atoms in total. The molecular formula is C19H15F2IO5. The molecule has 1 heterocycles. The molecule has 1 aliphatic heterocycles. The fraction of sp³-hybridized carbons (Fsp3) is 0.263. The van der Waals surface area contributed by atoms with Crippen molar-refractivity contribution in [3.05, 3.63) is 71.8 Å². The summed E-state index contributed by atoms with van der Waals surface area (Å²) in [6.45, 7) is 0. The Labute approximate surface area is 167 Å². The number of ether oxygens (including phenoxy) is 1. The highest BCUT2D eigenvalue weighted by Gasteiger charge is 2.74. The Morgan fingerprint density at radius 1 is 1.04 bits per heavy atom. The lowest BCUT2D eigenvalue weighted by molar-refractivity contribution is -0.155. The average molecular weight is 488 g/mol.